The Balaban J connectivity index is 2.92. The van der Waals surface area contributed by atoms with E-state index in [0.717, 1.165) is 11.3 Å². The number of hydrogen-bond acceptors (Lipinski definition) is 6. The first-order valence-corrected chi connectivity index (χ1v) is 7.62. The van der Waals surface area contributed by atoms with E-state index >= 15 is 0 Å². The first-order chi connectivity index (χ1) is 8.42. The molecule has 0 saturated heterocycles. The number of sulfonamides is 1. The number of rotatable bonds is 6. The third-order valence-electron chi connectivity index (χ3n) is 2.27. The number of aliphatic hydroxyl groups is 1. The number of esters is 1. The Morgan fingerprint density at radius 3 is 2.83 bits per heavy atom. The second-order valence-corrected chi connectivity index (χ2v) is 6.17. The predicted octanol–water partition coefficient (Wildman–Crippen LogP) is 0.584. The smallest absolute Gasteiger partial charge is 0.349 e. The SMILES string of the molecule is CCC(O)CNS(=O)(=O)c1ccsc1C(=O)OC. The van der Waals surface area contributed by atoms with Crippen molar-refractivity contribution in [3.63, 3.8) is 0 Å². The number of carbonyl (C=O) groups is 1. The lowest BCUT2D eigenvalue weighted by Crippen LogP contribution is -2.32. The van der Waals surface area contributed by atoms with Gasteiger partial charge in [0.05, 0.1) is 13.2 Å². The molecule has 0 amide bonds. The lowest BCUT2D eigenvalue weighted by molar-refractivity contribution is 0.0602. The molecule has 102 valence electrons. The van der Waals surface area contributed by atoms with Crippen LogP contribution >= 0.6 is 11.3 Å². The van der Waals surface area contributed by atoms with Crippen molar-refractivity contribution in [2.24, 2.45) is 0 Å². The van der Waals surface area contributed by atoms with Gasteiger partial charge in [-0.25, -0.2) is 17.9 Å². The monoisotopic (exact) mass is 293 g/mol. The van der Waals surface area contributed by atoms with Gasteiger partial charge in [-0.15, -0.1) is 11.3 Å². The Hall–Kier alpha value is -0.960. The summed E-state index contributed by atoms with van der Waals surface area (Å²) in [7, 11) is -2.62. The third-order valence-corrected chi connectivity index (χ3v) is 4.76. The Labute approximate surface area is 110 Å². The van der Waals surface area contributed by atoms with E-state index in [2.05, 4.69) is 9.46 Å². The quantitative estimate of drug-likeness (QED) is 0.749. The molecular weight excluding hydrogens is 278 g/mol. The molecule has 0 aromatic carbocycles. The van der Waals surface area contributed by atoms with Gasteiger partial charge in [0.15, 0.2) is 0 Å². The molecule has 1 rings (SSSR count). The van der Waals surface area contributed by atoms with Gasteiger partial charge in [-0.05, 0) is 17.9 Å². The van der Waals surface area contributed by atoms with Gasteiger partial charge in [-0.3, -0.25) is 0 Å². The molecule has 1 unspecified atom stereocenters. The minimum absolute atomic E-state index is 0.0241. The molecule has 18 heavy (non-hydrogen) atoms. The van der Waals surface area contributed by atoms with Gasteiger partial charge in [0.2, 0.25) is 10.0 Å². The van der Waals surface area contributed by atoms with Crippen LogP contribution in [-0.2, 0) is 14.8 Å². The fourth-order valence-electron chi connectivity index (χ4n) is 1.18. The molecule has 1 aromatic rings. The van der Waals surface area contributed by atoms with E-state index in [1.54, 1.807) is 6.92 Å². The summed E-state index contributed by atoms with van der Waals surface area (Å²) in [6.45, 7) is 1.65. The van der Waals surface area contributed by atoms with E-state index in [1.807, 2.05) is 0 Å². The topological polar surface area (TPSA) is 92.7 Å². The van der Waals surface area contributed by atoms with Gasteiger partial charge in [-0.2, -0.15) is 0 Å². The highest BCUT2D eigenvalue weighted by Gasteiger charge is 2.24. The summed E-state index contributed by atoms with van der Waals surface area (Å²) in [5.74, 6) is -0.693. The largest absolute Gasteiger partial charge is 0.465 e. The molecule has 8 heteroatoms. The molecule has 0 aliphatic rings. The molecule has 1 aromatic heterocycles. The normalized spacial score (nSPS) is 13.3. The van der Waals surface area contributed by atoms with Crippen molar-refractivity contribution in [1.82, 2.24) is 4.72 Å². The van der Waals surface area contributed by atoms with Crippen molar-refractivity contribution in [1.29, 1.82) is 0 Å². The second kappa shape index (κ2) is 6.28. The van der Waals surface area contributed by atoms with Crippen LogP contribution in [0.4, 0.5) is 0 Å². The van der Waals surface area contributed by atoms with Crippen molar-refractivity contribution in [3.8, 4) is 0 Å². The molecule has 0 bridgehead atoms. The highest BCUT2D eigenvalue weighted by molar-refractivity contribution is 7.89. The maximum atomic E-state index is 11.9. The lowest BCUT2D eigenvalue weighted by atomic mass is 10.3. The van der Waals surface area contributed by atoms with Crippen molar-refractivity contribution in [2.45, 2.75) is 24.3 Å². The molecule has 0 aliphatic carbocycles. The number of carbonyl (C=O) groups excluding carboxylic acids is 1. The van der Waals surface area contributed by atoms with E-state index in [9.17, 15) is 18.3 Å². The second-order valence-electron chi connectivity index (χ2n) is 3.52. The van der Waals surface area contributed by atoms with Crippen LogP contribution in [0.15, 0.2) is 16.3 Å². The number of thiophene rings is 1. The first kappa shape index (κ1) is 15.1. The molecule has 0 radical (unpaired) electrons. The van der Waals surface area contributed by atoms with E-state index in [0.29, 0.717) is 6.42 Å². The predicted molar refractivity (Wildman–Crippen MR) is 67.1 cm³/mol. The van der Waals surface area contributed by atoms with Gasteiger partial charge in [0, 0.05) is 6.54 Å². The fourth-order valence-corrected chi connectivity index (χ4v) is 3.58. The molecule has 0 spiro atoms. The maximum absolute atomic E-state index is 11.9. The van der Waals surface area contributed by atoms with Gasteiger partial charge in [0.25, 0.3) is 0 Å². The summed E-state index contributed by atoms with van der Waals surface area (Å²) in [5.41, 5.74) is 0. The summed E-state index contributed by atoms with van der Waals surface area (Å²) < 4.78 is 30.6. The summed E-state index contributed by atoms with van der Waals surface area (Å²) >= 11 is 0.993. The van der Waals surface area contributed by atoms with Crippen LogP contribution in [0.1, 0.15) is 23.0 Å². The molecular formula is C10H15NO5S2. The first-order valence-electron chi connectivity index (χ1n) is 5.26. The molecule has 6 nitrogen and oxygen atoms in total. The number of hydrogen-bond donors (Lipinski definition) is 2. The van der Waals surface area contributed by atoms with Crippen LogP contribution in [0, 0.1) is 0 Å². The molecule has 0 aliphatic heterocycles. The standard InChI is InChI=1S/C10H15NO5S2/c1-3-7(12)6-11-18(14,15)8-4-5-17-9(8)10(13)16-2/h4-5,7,11-12H,3,6H2,1-2H3. The lowest BCUT2D eigenvalue weighted by Gasteiger charge is -2.10. The molecule has 1 heterocycles. The van der Waals surface area contributed by atoms with Crippen LogP contribution in [0.2, 0.25) is 0 Å². The average Bonchev–Trinajstić information content (AvgIpc) is 2.85. The van der Waals surface area contributed by atoms with Gasteiger partial charge < -0.3 is 9.84 Å². The van der Waals surface area contributed by atoms with Crippen molar-refractivity contribution in [2.75, 3.05) is 13.7 Å². The zero-order valence-corrected chi connectivity index (χ0v) is 11.7. The van der Waals surface area contributed by atoms with Gasteiger partial charge in [0.1, 0.15) is 9.77 Å². The maximum Gasteiger partial charge on any atom is 0.349 e. The summed E-state index contributed by atoms with van der Waals surface area (Å²) in [5, 5.41) is 10.8. The Kier molecular flexibility index (Phi) is 5.27. The van der Waals surface area contributed by atoms with Crippen molar-refractivity contribution < 1.29 is 23.1 Å². The van der Waals surface area contributed by atoms with E-state index in [-0.39, 0.29) is 16.3 Å². The van der Waals surface area contributed by atoms with Gasteiger partial charge >= 0.3 is 5.97 Å². The van der Waals surface area contributed by atoms with Crippen LogP contribution in [0.5, 0.6) is 0 Å². The van der Waals surface area contributed by atoms with E-state index < -0.39 is 22.1 Å². The van der Waals surface area contributed by atoms with E-state index in [4.69, 9.17) is 0 Å². The zero-order chi connectivity index (χ0) is 13.8. The Bertz CT molecular complexity index is 508. The van der Waals surface area contributed by atoms with Crippen LogP contribution in [0.3, 0.4) is 0 Å². The van der Waals surface area contributed by atoms with Crippen LogP contribution in [0.25, 0.3) is 0 Å². The van der Waals surface area contributed by atoms with Crippen molar-refractivity contribution in [3.05, 3.63) is 16.3 Å². The van der Waals surface area contributed by atoms with E-state index in [1.165, 1.54) is 18.6 Å². The van der Waals surface area contributed by atoms with Gasteiger partial charge in [-0.1, -0.05) is 6.92 Å². The molecule has 0 fully saturated rings. The summed E-state index contributed by atoms with van der Waals surface area (Å²) in [4.78, 5) is 11.3. The fraction of sp³-hybridized carbons (Fsp3) is 0.500. The summed E-state index contributed by atoms with van der Waals surface area (Å²) in [6, 6.07) is 1.33. The minimum atomic E-state index is -3.81. The third kappa shape index (κ3) is 3.52. The number of nitrogens with one attached hydrogen (secondary N) is 1. The molecule has 2 N–H and O–H groups in total. The average molecular weight is 293 g/mol. The summed E-state index contributed by atoms with van der Waals surface area (Å²) in [6.07, 6.45) is -0.310. The van der Waals surface area contributed by atoms with Crippen LogP contribution in [-0.4, -0.2) is 39.3 Å². The molecule has 0 saturated carbocycles. The molecule has 1 atom stereocenters. The minimum Gasteiger partial charge on any atom is -0.465 e. The Morgan fingerprint density at radius 2 is 2.28 bits per heavy atom. The van der Waals surface area contributed by atoms with Crippen LogP contribution < -0.4 is 4.72 Å². The Morgan fingerprint density at radius 1 is 1.61 bits per heavy atom. The highest BCUT2D eigenvalue weighted by atomic mass is 32.2. The number of ether oxygens (including phenoxy) is 1. The number of aliphatic hydroxyl groups excluding tert-OH is 1. The zero-order valence-electron chi connectivity index (χ0n) is 10.0. The number of methoxy groups -OCH3 is 1. The van der Waals surface area contributed by atoms with Crippen molar-refractivity contribution >= 4 is 27.3 Å². The highest BCUT2D eigenvalue weighted by Crippen LogP contribution is 2.22.